The lowest BCUT2D eigenvalue weighted by atomic mass is 10.2. The highest BCUT2D eigenvalue weighted by molar-refractivity contribution is 5.96. The van der Waals surface area contributed by atoms with Crippen LogP contribution in [0.15, 0.2) is 18.2 Å². The number of halogens is 1. The third-order valence-corrected chi connectivity index (χ3v) is 2.55. The number of hydrogen-bond acceptors (Lipinski definition) is 3. The maximum absolute atomic E-state index is 12.9. The van der Waals surface area contributed by atoms with E-state index in [-0.39, 0.29) is 12.4 Å². The Hall–Kier alpha value is -2.11. The second-order valence-electron chi connectivity index (χ2n) is 4.96. The molecule has 1 aromatic carbocycles. The summed E-state index contributed by atoms with van der Waals surface area (Å²) in [7, 11) is 0. The van der Waals surface area contributed by atoms with E-state index in [4.69, 9.17) is 0 Å². The molecular weight excluding hydrogens is 261 g/mol. The van der Waals surface area contributed by atoms with Gasteiger partial charge in [-0.25, -0.2) is 9.18 Å². The number of rotatable bonds is 5. The van der Waals surface area contributed by atoms with Crippen molar-refractivity contribution < 1.29 is 14.0 Å². The fourth-order valence-corrected chi connectivity index (χ4v) is 1.51. The van der Waals surface area contributed by atoms with Crippen molar-refractivity contribution in [1.82, 2.24) is 10.6 Å². The average Bonchev–Trinajstić information content (AvgIpc) is 2.35. The molecule has 0 unspecified atom stereocenters. The number of aryl methyl sites for hydroxylation is 1. The van der Waals surface area contributed by atoms with Crippen LogP contribution in [0, 0.1) is 18.7 Å². The molecule has 0 saturated heterocycles. The third kappa shape index (κ3) is 5.69. The van der Waals surface area contributed by atoms with Gasteiger partial charge in [0.25, 0.3) is 0 Å². The number of benzene rings is 1. The quantitative estimate of drug-likeness (QED) is 0.773. The SMILES string of the molecule is Cc1cc(F)ccc1NCC(=O)NC(=O)NCC(C)C. The van der Waals surface area contributed by atoms with Crippen LogP contribution in [-0.4, -0.2) is 25.0 Å². The molecular formula is C14H20FN3O2. The largest absolute Gasteiger partial charge is 0.376 e. The fraction of sp³-hybridized carbons (Fsp3) is 0.429. The fourth-order valence-electron chi connectivity index (χ4n) is 1.51. The number of carbonyl (C=O) groups is 2. The van der Waals surface area contributed by atoms with Crippen LogP contribution in [0.1, 0.15) is 19.4 Å². The van der Waals surface area contributed by atoms with Crippen molar-refractivity contribution >= 4 is 17.6 Å². The Kier molecular flexibility index (Phi) is 5.96. The number of carbonyl (C=O) groups excluding carboxylic acids is 2. The number of urea groups is 1. The molecule has 3 amide bonds. The van der Waals surface area contributed by atoms with E-state index in [1.54, 1.807) is 13.0 Å². The summed E-state index contributed by atoms with van der Waals surface area (Å²) < 4.78 is 12.9. The zero-order valence-electron chi connectivity index (χ0n) is 11.9. The number of nitrogens with one attached hydrogen (secondary N) is 3. The van der Waals surface area contributed by atoms with Crippen LogP contribution in [0.3, 0.4) is 0 Å². The number of imide groups is 1. The van der Waals surface area contributed by atoms with Crippen LogP contribution in [0.2, 0.25) is 0 Å². The predicted octanol–water partition coefficient (Wildman–Crippen LogP) is 2.03. The van der Waals surface area contributed by atoms with Crippen molar-refractivity contribution in [3.8, 4) is 0 Å². The normalized spacial score (nSPS) is 10.2. The van der Waals surface area contributed by atoms with Crippen LogP contribution in [0.25, 0.3) is 0 Å². The zero-order chi connectivity index (χ0) is 15.1. The van der Waals surface area contributed by atoms with Crippen molar-refractivity contribution in [3.63, 3.8) is 0 Å². The van der Waals surface area contributed by atoms with Gasteiger partial charge in [-0.05, 0) is 36.6 Å². The van der Waals surface area contributed by atoms with Gasteiger partial charge in [0.05, 0.1) is 6.54 Å². The molecule has 0 heterocycles. The molecule has 0 aliphatic heterocycles. The van der Waals surface area contributed by atoms with Gasteiger partial charge in [0, 0.05) is 12.2 Å². The summed E-state index contributed by atoms with van der Waals surface area (Å²) in [5.74, 6) is -0.462. The maximum Gasteiger partial charge on any atom is 0.321 e. The van der Waals surface area contributed by atoms with Gasteiger partial charge in [-0.1, -0.05) is 13.8 Å². The summed E-state index contributed by atoms with van der Waals surface area (Å²) in [6.07, 6.45) is 0. The minimum Gasteiger partial charge on any atom is -0.376 e. The molecule has 0 atom stereocenters. The summed E-state index contributed by atoms with van der Waals surface area (Å²) in [6, 6.07) is 3.72. The summed E-state index contributed by atoms with van der Waals surface area (Å²) in [6.45, 7) is 6.10. The molecule has 5 nitrogen and oxygen atoms in total. The molecule has 0 fully saturated rings. The van der Waals surface area contributed by atoms with Gasteiger partial charge in [-0.2, -0.15) is 0 Å². The second kappa shape index (κ2) is 7.47. The minimum atomic E-state index is -0.513. The first-order chi connectivity index (χ1) is 9.38. The van der Waals surface area contributed by atoms with Gasteiger partial charge in [-0.3, -0.25) is 10.1 Å². The Balaban J connectivity index is 2.38. The highest BCUT2D eigenvalue weighted by Gasteiger charge is 2.08. The molecule has 6 heteroatoms. The average molecular weight is 281 g/mol. The molecule has 0 aliphatic rings. The van der Waals surface area contributed by atoms with Crippen LogP contribution in [-0.2, 0) is 4.79 Å². The smallest absolute Gasteiger partial charge is 0.321 e. The second-order valence-corrected chi connectivity index (χ2v) is 4.96. The lowest BCUT2D eigenvalue weighted by Crippen LogP contribution is -2.43. The molecule has 3 N–H and O–H groups in total. The highest BCUT2D eigenvalue weighted by atomic mass is 19.1. The zero-order valence-corrected chi connectivity index (χ0v) is 11.9. The molecule has 0 spiro atoms. The summed E-state index contributed by atoms with van der Waals surface area (Å²) in [5.41, 5.74) is 1.35. The van der Waals surface area contributed by atoms with Gasteiger partial charge >= 0.3 is 6.03 Å². The first-order valence-corrected chi connectivity index (χ1v) is 6.46. The Morgan fingerprint density at radius 1 is 1.30 bits per heavy atom. The number of amides is 3. The van der Waals surface area contributed by atoms with Crippen LogP contribution in [0.4, 0.5) is 14.9 Å². The lowest BCUT2D eigenvalue weighted by molar-refractivity contribution is -0.118. The molecule has 0 aromatic heterocycles. The molecule has 0 radical (unpaired) electrons. The maximum atomic E-state index is 12.9. The van der Waals surface area contributed by atoms with Crippen molar-refractivity contribution in [2.24, 2.45) is 5.92 Å². The Bertz CT molecular complexity index is 489. The van der Waals surface area contributed by atoms with E-state index in [2.05, 4.69) is 16.0 Å². The number of hydrogen-bond donors (Lipinski definition) is 3. The van der Waals surface area contributed by atoms with Crippen molar-refractivity contribution in [2.75, 3.05) is 18.4 Å². The van der Waals surface area contributed by atoms with E-state index in [1.807, 2.05) is 13.8 Å². The van der Waals surface area contributed by atoms with Crippen molar-refractivity contribution in [2.45, 2.75) is 20.8 Å². The lowest BCUT2D eigenvalue weighted by Gasteiger charge is -2.11. The molecule has 110 valence electrons. The number of anilines is 1. The van der Waals surface area contributed by atoms with Crippen LogP contribution < -0.4 is 16.0 Å². The Morgan fingerprint density at radius 3 is 2.60 bits per heavy atom. The summed E-state index contributed by atoms with van der Waals surface area (Å²) >= 11 is 0. The standard InChI is InChI=1S/C14H20FN3O2/c1-9(2)7-17-14(20)18-13(19)8-16-12-5-4-11(15)6-10(12)3/h4-6,9,16H,7-8H2,1-3H3,(H2,17,18,19,20). The molecule has 1 aromatic rings. The topological polar surface area (TPSA) is 70.2 Å². The van der Waals surface area contributed by atoms with E-state index >= 15 is 0 Å². The summed E-state index contributed by atoms with van der Waals surface area (Å²) in [4.78, 5) is 22.9. The van der Waals surface area contributed by atoms with Crippen molar-refractivity contribution in [1.29, 1.82) is 0 Å². The van der Waals surface area contributed by atoms with E-state index in [9.17, 15) is 14.0 Å². The monoisotopic (exact) mass is 281 g/mol. The Morgan fingerprint density at radius 2 is 2.00 bits per heavy atom. The molecule has 0 aliphatic carbocycles. The molecule has 20 heavy (non-hydrogen) atoms. The minimum absolute atomic E-state index is 0.0540. The van der Waals surface area contributed by atoms with Crippen LogP contribution >= 0.6 is 0 Å². The molecule has 1 rings (SSSR count). The van der Waals surface area contributed by atoms with Gasteiger partial charge in [-0.15, -0.1) is 0 Å². The van der Waals surface area contributed by atoms with Gasteiger partial charge < -0.3 is 10.6 Å². The highest BCUT2D eigenvalue weighted by Crippen LogP contribution is 2.14. The third-order valence-electron chi connectivity index (χ3n) is 2.55. The first kappa shape index (κ1) is 15.9. The first-order valence-electron chi connectivity index (χ1n) is 6.46. The van der Waals surface area contributed by atoms with E-state index in [1.165, 1.54) is 12.1 Å². The predicted molar refractivity (Wildman–Crippen MR) is 76.0 cm³/mol. The summed E-state index contributed by atoms with van der Waals surface area (Å²) in [5, 5.41) is 7.64. The Labute approximate surface area is 117 Å². The van der Waals surface area contributed by atoms with E-state index < -0.39 is 11.9 Å². The van der Waals surface area contributed by atoms with Crippen molar-refractivity contribution in [3.05, 3.63) is 29.6 Å². The van der Waals surface area contributed by atoms with Gasteiger partial charge in [0.15, 0.2) is 0 Å². The van der Waals surface area contributed by atoms with Gasteiger partial charge in [0.2, 0.25) is 5.91 Å². The molecule has 0 saturated carbocycles. The van der Waals surface area contributed by atoms with Gasteiger partial charge in [0.1, 0.15) is 5.82 Å². The molecule has 0 bridgehead atoms. The van der Waals surface area contributed by atoms with Crippen LogP contribution in [0.5, 0.6) is 0 Å². The van der Waals surface area contributed by atoms with E-state index in [0.717, 1.165) is 0 Å². The van der Waals surface area contributed by atoms with E-state index in [0.29, 0.717) is 23.7 Å².